The number of benzene rings is 2. The second-order valence-corrected chi connectivity index (χ2v) is 11.8. The van der Waals surface area contributed by atoms with Gasteiger partial charge >= 0.3 is 0 Å². The Kier molecular flexibility index (Phi) is 9.68. The minimum Gasteiger partial charge on any atom is -0.350 e. The molecular weight excluding hydrogens is 493 g/mol. The Morgan fingerprint density at radius 1 is 1.11 bits per heavy atom. The first kappa shape index (κ1) is 28.6. The minimum absolute atomic E-state index is 0.0336. The van der Waals surface area contributed by atoms with Crippen molar-refractivity contribution in [2.75, 3.05) is 17.1 Å². The summed E-state index contributed by atoms with van der Waals surface area (Å²) in [5.74, 6) is -1.22. The second-order valence-electron chi connectivity index (χ2n) is 9.45. The van der Waals surface area contributed by atoms with Crippen LogP contribution in [0.5, 0.6) is 0 Å². The molecule has 0 radical (unpaired) electrons. The van der Waals surface area contributed by atoms with Crippen LogP contribution in [0.15, 0.2) is 48.5 Å². The van der Waals surface area contributed by atoms with E-state index in [0.717, 1.165) is 6.26 Å². The molecule has 0 spiro atoms. The Labute approximate surface area is 212 Å². The molecule has 35 heavy (non-hydrogen) atoms. The quantitative estimate of drug-likeness (QED) is 0.499. The van der Waals surface area contributed by atoms with Crippen molar-refractivity contribution in [2.45, 2.75) is 58.7 Å². The second kappa shape index (κ2) is 11.9. The number of nitrogens with one attached hydrogen (secondary N) is 1. The summed E-state index contributed by atoms with van der Waals surface area (Å²) >= 11 is 6.01. The van der Waals surface area contributed by atoms with Gasteiger partial charge in [0.1, 0.15) is 11.9 Å². The summed E-state index contributed by atoms with van der Waals surface area (Å²) in [4.78, 5) is 27.4. The van der Waals surface area contributed by atoms with Gasteiger partial charge in [-0.05, 0) is 58.4 Å². The molecule has 192 valence electrons. The van der Waals surface area contributed by atoms with Crippen molar-refractivity contribution in [3.8, 4) is 0 Å². The number of nitrogens with zero attached hydrogens (tertiary/aromatic N) is 2. The van der Waals surface area contributed by atoms with E-state index in [9.17, 15) is 22.4 Å². The van der Waals surface area contributed by atoms with Gasteiger partial charge in [0.2, 0.25) is 21.8 Å². The molecule has 1 atom stereocenters. The van der Waals surface area contributed by atoms with Crippen LogP contribution in [0.4, 0.5) is 10.1 Å². The van der Waals surface area contributed by atoms with Crippen molar-refractivity contribution in [2.24, 2.45) is 0 Å². The van der Waals surface area contributed by atoms with Crippen LogP contribution >= 0.6 is 11.6 Å². The third kappa shape index (κ3) is 8.81. The number of sulfonamides is 1. The lowest BCUT2D eigenvalue weighted by molar-refractivity contribution is -0.141. The predicted molar refractivity (Wildman–Crippen MR) is 137 cm³/mol. The highest BCUT2D eigenvalue weighted by Crippen LogP contribution is 2.23. The SMILES string of the molecule is C[C@H](C(=O)NC(C)(C)C)N(Cc1ccccc1F)C(=O)CCCN(c1cccc(Cl)c1)S(C)(=O)=O. The first-order chi connectivity index (χ1) is 16.2. The van der Waals surface area contributed by atoms with Gasteiger partial charge in [-0.2, -0.15) is 0 Å². The molecule has 0 unspecified atom stereocenters. The van der Waals surface area contributed by atoms with Gasteiger partial charge in [0, 0.05) is 35.6 Å². The summed E-state index contributed by atoms with van der Waals surface area (Å²) in [6, 6.07) is 11.7. The largest absolute Gasteiger partial charge is 0.350 e. The van der Waals surface area contributed by atoms with E-state index in [1.54, 1.807) is 43.3 Å². The Hall–Kier alpha value is -2.65. The van der Waals surface area contributed by atoms with Gasteiger partial charge in [-0.25, -0.2) is 12.8 Å². The fraction of sp³-hybridized carbons (Fsp3) is 0.440. The number of halogens is 2. The number of anilines is 1. The molecule has 0 fully saturated rings. The van der Waals surface area contributed by atoms with Crippen molar-refractivity contribution in [1.29, 1.82) is 0 Å². The minimum atomic E-state index is -3.62. The number of carbonyl (C=O) groups is 2. The molecule has 0 aliphatic rings. The van der Waals surface area contributed by atoms with E-state index in [0.29, 0.717) is 10.7 Å². The van der Waals surface area contributed by atoms with E-state index in [2.05, 4.69) is 5.32 Å². The molecular formula is C25H33ClFN3O4S. The molecule has 2 rings (SSSR count). The van der Waals surface area contributed by atoms with Gasteiger partial charge in [0.05, 0.1) is 11.9 Å². The van der Waals surface area contributed by atoms with Gasteiger partial charge in [0.15, 0.2) is 0 Å². The third-order valence-electron chi connectivity index (χ3n) is 5.21. The van der Waals surface area contributed by atoms with E-state index >= 15 is 0 Å². The van der Waals surface area contributed by atoms with Crippen molar-refractivity contribution < 1.29 is 22.4 Å². The van der Waals surface area contributed by atoms with Crippen LogP contribution in [0, 0.1) is 5.82 Å². The van der Waals surface area contributed by atoms with Crippen molar-refractivity contribution in [3.63, 3.8) is 0 Å². The van der Waals surface area contributed by atoms with Crippen LogP contribution < -0.4 is 9.62 Å². The van der Waals surface area contributed by atoms with Gasteiger partial charge < -0.3 is 10.2 Å². The first-order valence-corrected chi connectivity index (χ1v) is 13.5. The van der Waals surface area contributed by atoms with E-state index in [4.69, 9.17) is 11.6 Å². The van der Waals surface area contributed by atoms with E-state index in [-0.39, 0.29) is 43.3 Å². The van der Waals surface area contributed by atoms with Gasteiger partial charge in [-0.15, -0.1) is 0 Å². The summed E-state index contributed by atoms with van der Waals surface area (Å²) in [6.07, 6.45) is 1.24. The molecule has 10 heteroatoms. The zero-order valence-electron chi connectivity index (χ0n) is 20.7. The zero-order valence-corrected chi connectivity index (χ0v) is 22.3. The molecule has 0 saturated heterocycles. The summed E-state index contributed by atoms with van der Waals surface area (Å²) in [5, 5.41) is 3.24. The van der Waals surface area contributed by atoms with Gasteiger partial charge in [-0.1, -0.05) is 35.9 Å². The Bertz CT molecular complexity index is 1150. The number of hydrogen-bond acceptors (Lipinski definition) is 4. The Balaban J connectivity index is 2.20. The number of hydrogen-bond donors (Lipinski definition) is 1. The van der Waals surface area contributed by atoms with Crippen LogP contribution in [0.1, 0.15) is 46.1 Å². The smallest absolute Gasteiger partial charge is 0.242 e. The third-order valence-corrected chi connectivity index (χ3v) is 6.64. The molecule has 1 N–H and O–H groups in total. The molecule has 0 bridgehead atoms. The van der Waals surface area contributed by atoms with Crippen LogP contribution in [0.2, 0.25) is 5.02 Å². The zero-order chi connectivity index (χ0) is 26.4. The Morgan fingerprint density at radius 2 is 1.77 bits per heavy atom. The number of carbonyl (C=O) groups excluding carboxylic acids is 2. The van der Waals surface area contributed by atoms with Crippen LogP contribution in [-0.2, 0) is 26.2 Å². The number of amides is 2. The average molecular weight is 526 g/mol. The van der Waals surface area contributed by atoms with E-state index in [1.807, 2.05) is 20.8 Å². The van der Waals surface area contributed by atoms with E-state index in [1.165, 1.54) is 21.3 Å². The molecule has 0 aliphatic heterocycles. The highest BCUT2D eigenvalue weighted by atomic mass is 35.5. The standard InChI is InChI=1S/C25H33ClFN3O4S/c1-18(24(32)28-25(2,3)4)29(17-19-10-6-7-13-22(19)27)23(31)14-9-15-30(35(5,33)34)21-12-8-11-20(26)16-21/h6-8,10-13,16,18H,9,14-15,17H2,1-5H3,(H,28,32)/t18-/m1/s1. The topological polar surface area (TPSA) is 86.8 Å². The van der Waals surface area contributed by atoms with Crippen molar-refractivity contribution >= 4 is 39.1 Å². The molecule has 2 amide bonds. The molecule has 0 aliphatic carbocycles. The van der Waals surface area contributed by atoms with Gasteiger partial charge in [-0.3, -0.25) is 13.9 Å². The fourth-order valence-electron chi connectivity index (χ4n) is 3.50. The van der Waals surface area contributed by atoms with Crippen LogP contribution in [0.25, 0.3) is 0 Å². The fourth-order valence-corrected chi connectivity index (χ4v) is 4.64. The molecule has 2 aromatic rings. The van der Waals surface area contributed by atoms with Crippen LogP contribution in [0.3, 0.4) is 0 Å². The number of rotatable bonds is 10. The summed E-state index contributed by atoms with van der Waals surface area (Å²) < 4.78 is 40.2. The first-order valence-electron chi connectivity index (χ1n) is 11.3. The molecule has 0 heterocycles. The average Bonchev–Trinajstić information content (AvgIpc) is 2.73. The maximum Gasteiger partial charge on any atom is 0.242 e. The summed E-state index contributed by atoms with van der Waals surface area (Å²) in [7, 11) is -3.62. The molecule has 0 aromatic heterocycles. The van der Waals surface area contributed by atoms with Crippen LogP contribution in [-0.4, -0.2) is 49.5 Å². The molecule has 0 saturated carbocycles. The summed E-state index contributed by atoms with van der Waals surface area (Å²) in [6.45, 7) is 7.03. The highest BCUT2D eigenvalue weighted by molar-refractivity contribution is 7.92. The predicted octanol–water partition coefficient (Wildman–Crippen LogP) is 4.36. The maximum atomic E-state index is 14.3. The maximum absolute atomic E-state index is 14.3. The van der Waals surface area contributed by atoms with Gasteiger partial charge in [0.25, 0.3) is 0 Å². The van der Waals surface area contributed by atoms with Crippen molar-refractivity contribution in [1.82, 2.24) is 10.2 Å². The van der Waals surface area contributed by atoms with E-state index < -0.39 is 27.4 Å². The lowest BCUT2D eigenvalue weighted by Gasteiger charge is -2.32. The lowest BCUT2D eigenvalue weighted by atomic mass is 10.1. The monoisotopic (exact) mass is 525 g/mol. The summed E-state index contributed by atoms with van der Waals surface area (Å²) in [5.41, 5.74) is 0.173. The molecule has 2 aromatic carbocycles. The molecule has 7 nitrogen and oxygen atoms in total. The highest BCUT2D eigenvalue weighted by Gasteiger charge is 2.29. The van der Waals surface area contributed by atoms with Crippen molar-refractivity contribution in [3.05, 3.63) is 64.9 Å². The normalized spacial score (nSPS) is 12.7. The lowest BCUT2D eigenvalue weighted by Crippen LogP contribution is -2.52. The Morgan fingerprint density at radius 3 is 2.34 bits per heavy atom.